The van der Waals surface area contributed by atoms with E-state index in [0.717, 1.165) is 22.4 Å². The summed E-state index contributed by atoms with van der Waals surface area (Å²) in [6, 6.07) is 13.6. The van der Waals surface area contributed by atoms with Crippen molar-refractivity contribution in [3.8, 4) is 17.2 Å². The molecule has 32 heavy (non-hydrogen) atoms. The highest BCUT2D eigenvalue weighted by molar-refractivity contribution is 5.76. The van der Waals surface area contributed by atoms with Gasteiger partial charge < -0.3 is 23.7 Å². The van der Waals surface area contributed by atoms with Crippen molar-refractivity contribution in [3.05, 3.63) is 70.6 Å². The highest BCUT2D eigenvalue weighted by atomic mass is 16.7. The molecule has 1 saturated heterocycles. The van der Waals surface area contributed by atoms with Crippen LogP contribution in [0.4, 0.5) is 0 Å². The molecule has 0 atom stereocenters. The van der Waals surface area contributed by atoms with Crippen molar-refractivity contribution in [1.82, 2.24) is 4.98 Å². The minimum absolute atomic E-state index is 0.136. The third-order valence-corrected chi connectivity index (χ3v) is 5.59. The molecule has 0 amide bonds. The van der Waals surface area contributed by atoms with E-state index >= 15 is 0 Å². The first-order valence-electron chi connectivity index (χ1n) is 10.6. The van der Waals surface area contributed by atoms with Gasteiger partial charge in [-0.1, -0.05) is 23.8 Å². The van der Waals surface area contributed by atoms with Gasteiger partial charge in [0.2, 0.25) is 5.89 Å². The smallest absolute Gasteiger partial charge is 0.364 e. The molecule has 1 aliphatic rings. The van der Waals surface area contributed by atoms with Gasteiger partial charge in [0.25, 0.3) is 5.79 Å². The molecule has 168 valence electrons. The van der Waals surface area contributed by atoms with Crippen molar-refractivity contribution in [2.24, 2.45) is 0 Å². The number of oxazole rings is 1. The SMILES string of the molecule is Cc1ccc(-c2nc(COc3ccc(CC4(C(=O)O)OCCCO4)c(C)c3)c(C)o2)cc1. The van der Waals surface area contributed by atoms with Gasteiger partial charge in [0.05, 0.1) is 13.2 Å². The van der Waals surface area contributed by atoms with E-state index < -0.39 is 11.8 Å². The van der Waals surface area contributed by atoms with Crippen molar-refractivity contribution in [2.45, 2.75) is 46.0 Å². The second kappa shape index (κ2) is 9.14. The fraction of sp³-hybridized carbons (Fsp3) is 0.360. The molecule has 0 spiro atoms. The van der Waals surface area contributed by atoms with E-state index in [4.69, 9.17) is 18.6 Å². The average Bonchev–Trinajstić information content (AvgIpc) is 3.15. The zero-order valence-corrected chi connectivity index (χ0v) is 18.5. The third-order valence-electron chi connectivity index (χ3n) is 5.59. The van der Waals surface area contributed by atoms with Crippen LogP contribution < -0.4 is 4.74 Å². The molecule has 0 aliphatic carbocycles. The quantitative estimate of drug-likeness (QED) is 0.577. The van der Waals surface area contributed by atoms with Crippen molar-refractivity contribution >= 4 is 5.97 Å². The van der Waals surface area contributed by atoms with E-state index in [-0.39, 0.29) is 13.0 Å². The molecule has 3 aromatic rings. The molecule has 2 heterocycles. The summed E-state index contributed by atoms with van der Waals surface area (Å²) in [4.78, 5) is 16.4. The first-order valence-corrected chi connectivity index (χ1v) is 10.6. The molecule has 1 fully saturated rings. The number of carboxylic acids is 1. The molecule has 0 saturated carbocycles. The van der Waals surface area contributed by atoms with E-state index in [1.807, 2.05) is 63.2 Å². The summed E-state index contributed by atoms with van der Waals surface area (Å²) in [5.74, 6) is -0.790. The lowest BCUT2D eigenvalue weighted by molar-refractivity contribution is -0.265. The van der Waals surface area contributed by atoms with Gasteiger partial charge >= 0.3 is 5.97 Å². The Morgan fingerprint density at radius 1 is 1.09 bits per heavy atom. The number of aliphatic carboxylic acids is 1. The molecule has 0 radical (unpaired) electrons. The van der Waals surface area contributed by atoms with E-state index in [9.17, 15) is 9.90 Å². The molecule has 1 aliphatic heterocycles. The monoisotopic (exact) mass is 437 g/mol. The van der Waals surface area contributed by atoms with Crippen LogP contribution >= 0.6 is 0 Å². The molecule has 2 aromatic carbocycles. The van der Waals surface area contributed by atoms with Crippen LogP contribution in [0.5, 0.6) is 5.75 Å². The van der Waals surface area contributed by atoms with E-state index in [1.165, 1.54) is 5.56 Å². The minimum Gasteiger partial charge on any atom is -0.487 e. The maximum Gasteiger partial charge on any atom is 0.364 e. The Labute approximate surface area is 186 Å². The molecule has 1 aromatic heterocycles. The maximum atomic E-state index is 11.8. The zero-order valence-electron chi connectivity index (χ0n) is 18.5. The highest BCUT2D eigenvalue weighted by Gasteiger charge is 2.43. The van der Waals surface area contributed by atoms with Crippen molar-refractivity contribution in [3.63, 3.8) is 0 Å². The molecule has 0 bridgehead atoms. The van der Waals surface area contributed by atoms with Gasteiger partial charge in [-0.25, -0.2) is 9.78 Å². The first-order chi connectivity index (χ1) is 15.4. The number of nitrogens with zero attached hydrogens (tertiary/aromatic N) is 1. The van der Waals surface area contributed by atoms with Crippen LogP contribution in [0.15, 0.2) is 46.9 Å². The van der Waals surface area contributed by atoms with Crippen molar-refractivity contribution in [1.29, 1.82) is 0 Å². The number of rotatable bonds is 7. The Balaban J connectivity index is 1.44. The predicted octanol–water partition coefficient (Wildman–Crippen LogP) is 4.61. The lowest BCUT2D eigenvalue weighted by atomic mass is 9.99. The standard InChI is InChI=1S/C25H27NO6/c1-16-5-7-19(8-6-16)23-26-22(18(3)32-23)15-29-21-10-9-20(17(2)13-21)14-25(24(27)28)30-11-4-12-31-25/h5-10,13H,4,11-12,14-15H2,1-3H3,(H,27,28). The summed E-state index contributed by atoms with van der Waals surface area (Å²) >= 11 is 0. The Bertz CT molecular complexity index is 1100. The number of benzene rings is 2. The van der Waals surface area contributed by atoms with E-state index in [2.05, 4.69) is 4.98 Å². The summed E-state index contributed by atoms with van der Waals surface area (Å²) in [6.45, 7) is 6.83. The molecular weight excluding hydrogens is 410 g/mol. The summed E-state index contributed by atoms with van der Waals surface area (Å²) < 4.78 is 22.8. The number of carbonyl (C=O) groups is 1. The van der Waals surface area contributed by atoms with Gasteiger partial charge in [-0.2, -0.15) is 0 Å². The van der Waals surface area contributed by atoms with Crippen molar-refractivity contribution < 1.29 is 28.5 Å². The maximum absolute atomic E-state index is 11.8. The zero-order chi connectivity index (χ0) is 22.7. The molecule has 7 heteroatoms. The van der Waals surface area contributed by atoms with Crippen LogP contribution in [-0.4, -0.2) is 35.1 Å². The lowest BCUT2D eigenvalue weighted by Gasteiger charge is -2.33. The molecule has 1 N–H and O–H groups in total. The van der Waals surface area contributed by atoms with E-state index in [0.29, 0.717) is 37.0 Å². The average molecular weight is 437 g/mol. The summed E-state index contributed by atoms with van der Waals surface area (Å²) in [7, 11) is 0. The van der Waals surface area contributed by atoms with Gasteiger partial charge in [-0.05, 0) is 62.6 Å². The Hall–Kier alpha value is -3.16. The highest BCUT2D eigenvalue weighted by Crippen LogP contribution is 2.28. The topological polar surface area (TPSA) is 91.0 Å². The summed E-state index contributed by atoms with van der Waals surface area (Å²) in [6.07, 6.45) is 0.824. The van der Waals surface area contributed by atoms with Gasteiger partial charge in [0.15, 0.2) is 0 Å². The lowest BCUT2D eigenvalue weighted by Crippen LogP contribution is -2.49. The van der Waals surface area contributed by atoms with Gasteiger partial charge in [-0.3, -0.25) is 0 Å². The predicted molar refractivity (Wildman–Crippen MR) is 118 cm³/mol. The number of aromatic nitrogens is 1. The van der Waals surface area contributed by atoms with Crippen LogP contribution in [0.25, 0.3) is 11.5 Å². The molecule has 0 unspecified atom stereocenters. The van der Waals surface area contributed by atoms with Crippen LogP contribution in [0.3, 0.4) is 0 Å². The van der Waals surface area contributed by atoms with Gasteiger partial charge in [-0.15, -0.1) is 0 Å². The number of carboxylic acid groups (broad SMARTS) is 1. The van der Waals surface area contributed by atoms with Gasteiger partial charge in [0.1, 0.15) is 23.8 Å². The number of hydrogen-bond donors (Lipinski definition) is 1. The van der Waals surface area contributed by atoms with Crippen molar-refractivity contribution in [2.75, 3.05) is 13.2 Å². The Kier molecular flexibility index (Phi) is 6.30. The molecule has 4 rings (SSSR count). The summed E-state index contributed by atoms with van der Waals surface area (Å²) in [5.41, 5.74) is 4.56. The molecule has 7 nitrogen and oxygen atoms in total. The minimum atomic E-state index is -1.63. The second-order valence-electron chi connectivity index (χ2n) is 8.05. The number of aryl methyl sites for hydroxylation is 3. The number of hydrogen-bond acceptors (Lipinski definition) is 6. The van der Waals surface area contributed by atoms with Crippen LogP contribution in [-0.2, 0) is 27.3 Å². The summed E-state index contributed by atoms with van der Waals surface area (Å²) in [5, 5.41) is 9.64. The normalized spacial score (nSPS) is 15.5. The first kappa shape index (κ1) is 22.0. The van der Waals surface area contributed by atoms with Crippen LogP contribution in [0.2, 0.25) is 0 Å². The number of ether oxygens (including phenoxy) is 3. The fourth-order valence-electron chi connectivity index (χ4n) is 3.62. The van der Waals surface area contributed by atoms with Gasteiger partial charge in [0, 0.05) is 12.0 Å². The second-order valence-corrected chi connectivity index (χ2v) is 8.05. The van der Waals surface area contributed by atoms with E-state index in [1.54, 1.807) is 0 Å². The van der Waals surface area contributed by atoms with Crippen LogP contribution in [0, 0.1) is 20.8 Å². The Morgan fingerprint density at radius 3 is 2.47 bits per heavy atom. The fourth-order valence-corrected chi connectivity index (χ4v) is 3.62. The Morgan fingerprint density at radius 2 is 1.81 bits per heavy atom. The third kappa shape index (κ3) is 4.69. The van der Waals surface area contributed by atoms with Crippen LogP contribution in [0.1, 0.15) is 34.6 Å². The largest absolute Gasteiger partial charge is 0.487 e. The molecular formula is C25H27NO6.